The highest BCUT2D eigenvalue weighted by molar-refractivity contribution is 6.33. The Morgan fingerprint density at radius 3 is 2.76 bits per heavy atom. The maximum Gasteiger partial charge on any atom is 0.250 e. The lowest BCUT2D eigenvalue weighted by Gasteiger charge is -2.13. The molecule has 3 N–H and O–H groups in total. The second kappa shape index (κ2) is 6.05. The van der Waals surface area contributed by atoms with Gasteiger partial charge < -0.3 is 20.5 Å². The monoisotopic (exact) mass is 307 g/mol. The number of hydrogen-bond acceptors (Lipinski definition) is 4. The van der Waals surface area contributed by atoms with Crippen molar-refractivity contribution in [2.24, 2.45) is 12.8 Å². The lowest BCUT2D eigenvalue weighted by atomic mass is 10.2. The molecule has 0 aliphatic heterocycles. The number of anilines is 2. The number of rotatable bonds is 5. The Kier molecular flexibility index (Phi) is 4.37. The third kappa shape index (κ3) is 3.28. The van der Waals surface area contributed by atoms with E-state index in [2.05, 4.69) is 10.3 Å². The molecule has 112 valence electrons. The molecular weight excluding hydrogens is 290 g/mol. The van der Waals surface area contributed by atoms with Gasteiger partial charge in [0.15, 0.2) is 0 Å². The molecule has 0 unspecified atom stereocenters. The number of benzene rings is 1. The van der Waals surface area contributed by atoms with Crippen molar-refractivity contribution in [3.8, 4) is 0 Å². The zero-order valence-corrected chi connectivity index (χ0v) is 13.0. The summed E-state index contributed by atoms with van der Waals surface area (Å²) in [7, 11) is 5.84. The molecule has 1 heterocycles. The smallest absolute Gasteiger partial charge is 0.250 e. The van der Waals surface area contributed by atoms with E-state index in [1.165, 1.54) is 0 Å². The Morgan fingerprint density at radius 2 is 2.19 bits per heavy atom. The topological polar surface area (TPSA) is 76.2 Å². The molecule has 1 aromatic carbocycles. The van der Waals surface area contributed by atoms with Crippen LogP contribution in [0, 0.1) is 0 Å². The van der Waals surface area contributed by atoms with Gasteiger partial charge in [-0.3, -0.25) is 4.79 Å². The molecule has 2 aromatic rings. The third-order valence-corrected chi connectivity index (χ3v) is 3.49. The second-order valence-electron chi connectivity index (χ2n) is 4.92. The summed E-state index contributed by atoms with van der Waals surface area (Å²) in [5.74, 6) is 0.333. The molecule has 0 saturated heterocycles. The predicted octanol–water partition coefficient (Wildman–Crippen LogP) is 1.85. The van der Waals surface area contributed by atoms with Gasteiger partial charge in [-0.25, -0.2) is 4.98 Å². The molecule has 0 atom stereocenters. The van der Waals surface area contributed by atoms with Gasteiger partial charge in [-0.15, -0.1) is 0 Å². The molecule has 0 saturated carbocycles. The molecule has 1 aromatic heterocycles. The fourth-order valence-electron chi connectivity index (χ4n) is 2.03. The summed E-state index contributed by atoms with van der Waals surface area (Å²) in [6.45, 7) is 0.581. The quantitative estimate of drug-likeness (QED) is 0.884. The normalized spacial score (nSPS) is 10.5. The van der Waals surface area contributed by atoms with Gasteiger partial charge in [-0.1, -0.05) is 11.6 Å². The number of imidazole rings is 1. The zero-order valence-electron chi connectivity index (χ0n) is 12.2. The van der Waals surface area contributed by atoms with Crippen LogP contribution in [0.4, 0.5) is 11.6 Å². The third-order valence-electron chi connectivity index (χ3n) is 3.17. The van der Waals surface area contributed by atoms with E-state index in [0.717, 1.165) is 17.3 Å². The highest BCUT2D eigenvalue weighted by Gasteiger charge is 2.10. The fraction of sp³-hybridized carbons (Fsp3) is 0.286. The van der Waals surface area contributed by atoms with Crippen molar-refractivity contribution in [1.29, 1.82) is 0 Å². The summed E-state index contributed by atoms with van der Waals surface area (Å²) < 4.78 is 2.00. The van der Waals surface area contributed by atoms with E-state index in [4.69, 9.17) is 17.3 Å². The van der Waals surface area contributed by atoms with Crippen LogP contribution in [-0.2, 0) is 13.6 Å². The van der Waals surface area contributed by atoms with Gasteiger partial charge in [0.1, 0.15) is 0 Å². The maximum atomic E-state index is 11.3. The van der Waals surface area contributed by atoms with Crippen LogP contribution in [0.2, 0.25) is 5.02 Å². The van der Waals surface area contributed by atoms with Crippen molar-refractivity contribution in [3.63, 3.8) is 0 Å². The molecule has 6 nitrogen and oxygen atoms in total. The van der Waals surface area contributed by atoms with Crippen LogP contribution in [0.3, 0.4) is 0 Å². The molecular formula is C14H18ClN5O. The highest BCUT2D eigenvalue weighted by atomic mass is 35.5. The van der Waals surface area contributed by atoms with Crippen LogP contribution >= 0.6 is 11.6 Å². The molecule has 2 rings (SSSR count). The minimum absolute atomic E-state index is 0.306. The number of halogens is 1. The molecule has 0 radical (unpaired) electrons. The largest absolute Gasteiger partial charge is 0.379 e. The van der Waals surface area contributed by atoms with E-state index in [0.29, 0.717) is 17.1 Å². The van der Waals surface area contributed by atoms with Crippen LogP contribution < -0.4 is 16.0 Å². The summed E-state index contributed by atoms with van der Waals surface area (Å²) in [5, 5.41) is 3.58. The number of nitrogens with zero attached hydrogens (tertiary/aromatic N) is 3. The van der Waals surface area contributed by atoms with Crippen molar-refractivity contribution in [3.05, 3.63) is 40.7 Å². The van der Waals surface area contributed by atoms with Crippen LogP contribution in [-0.4, -0.2) is 29.6 Å². The number of aromatic nitrogens is 2. The van der Waals surface area contributed by atoms with Gasteiger partial charge in [-0.2, -0.15) is 0 Å². The van der Waals surface area contributed by atoms with Crippen molar-refractivity contribution >= 4 is 29.1 Å². The van der Waals surface area contributed by atoms with Crippen LogP contribution in [0.25, 0.3) is 0 Å². The first kappa shape index (κ1) is 15.2. The zero-order chi connectivity index (χ0) is 15.6. The summed E-state index contributed by atoms with van der Waals surface area (Å²) in [4.78, 5) is 17.6. The number of hydrogen-bond donors (Lipinski definition) is 2. The first-order valence-corrected chi connectivity index (χ1v) is 6.79. The van der Waals surface area contributed by atoms with Crippen LogP contribution in [0.15, 0.2) is 24.4 Å². The summed E-state index contributed by atoms with van der Waals surface area (Å²) in [6.07, 6.45) is 1.81. The van der Waals surface area contributed by atoms with Gasteiger partial charge >= 0.3 is 0 Å². The van der Waals surface area contributed by atoms with Gasteiger partial charge in [0.2, 0.25) is 11.9 Å². The number of nitrogens with one attached hydrogen (secondary N) is 1. The van der Waals surface area contributed by atoms with Crippen molar-refractivity contribution in [2.45, 2.75) is 6.54 Å². The number of carbonyl (C=O) groups excluding carboxylic acids is 1. The Bertz CT molecular complexity index is 665. The molecule has 7 heteroatoms. The molecule has 21 heavy (non-hydrogen) atoms. The van der Waals surface area contributed by atoms with Crippen molar-refractivity contribution in [1.82, 2.24) is 9.55 Å². The van der Waals surface area contributed by atoms with Gasteiger partial charge in [-0.05, 0) is 18.2 Å². The molecule has 0 aliphatic carbocycles. The minimum atomic E-state index is -0.543. The number of amides is 1. The highest BCUT2D eigenvalue weighted by Crippen LogP contribution is 2.21. The van der Waals surface area contributed by atoms with E-state index >= 15 is 0 Å². The van der Waals surface area contributed by atoms with Gasteiger partial charge in [0.05, 0.1) is 29.0 Å². The van der Waals surface area contributed by atoms with Crippen molar-refractivity contribution in [2.75, 3.05) is 24.3 Å². The fourth-order valence-corrected chi connectivity index (χ4v) is 2.24. The van der Waals surface area contributed by atoms with Crippen LogP contribution in [0.5, 0.6) is 0 Å². The summed E-state index contributed by atoms with van der Waals surface area (Å²) in [6, 6.07) is 5.10. The molecule has 0 bridgehead atoms. The Hall–Kier alpha value is -2.21. The molecule has 1 amide bonds. The Balaban J connectivity index is 2.13. The molecule has 0 spiro atoms. The summed E-state index contributed by atoms with van der Waals surface area (Å²) >= 11 is 5.92. The molecule has 0 fully saturated rings. The first-order valence-electron chi connectivity index (χ1n) is 6.41. The van der Waals surface area contributed by atoms with Crippen molar-refractivity contribution < 1.29 is 4.79 Å². The minimum Gasteiger partial charge on any atom is -0.379 e. The van der Waals surface area contributed by atoms with E-state index in [-0.39, 0.29) is 0 Å². The Labute approximate surface area is 128 Å². The predicted molar refractivity (Wildman–Crippen MR) is 84.8 cm³/mol. The first-order chi connectivity index (χ1) is 9.90. The summed E-state index contributed by atoms with van der Waals surface area (Å²) in [5.41, 5.74) is 7.39. The lowest BCUT2D eigenvalue weighted by Crippen LogP contribution is -2.15. The lowest BCUT2D eigenvalue weighted by molar-refractivity contribution is 0.100. The van der Waals surface area contributed by atoms with Crippen LogP contribution in [0.1, 0.15) is 16.1 Å². The van der Waals surface area contributed by atoms with E-state index in [1.807, 2.05) is 36.8 Å². The van der Waals surface area contributed by atoms with Gasteiger partial charge in [0.25, 0.3) is 0 Å². The number of carbonyl (C=O) groups is 1. The van der Waals surface area contributed by atoms with E-state index < -0.39 is 5.91 Å². The van der Waals surface area contributed by atoms with Gasteiger partial charge in [0, 0.05) is 26.8 Å². The second-order valence-corrected chi connectivity index (χ2v) is 5.32. The number of nitrogens with two attached hydrogens (primary N) is 1. The maximum absolute atomic E-state index is 11.3. The van der Waals surface area contributed by atoms with E-state index in [1.54, 1.807) is 18.2 Å². The SMILES string of the molecule is CN(C)c1ncc(CNc2ccc(Cl)c(C(N)=O)c2)n1C. The Morgan fingerprint density at radius 1 is 1.48 bits per heavy atom. The standard InChI is InChI=1S/C14H18ClN5O/c1-19(2)14-18-8-10(20(14)3)7-17-9-4-5-12(15)11(6-9)13(16)21/h4-6,8,17H,7H2,1-3H3,(H2,16,21). The average molecular weight is 308 g/mol. The number of primary amides is 1. The van der Waals surface area contributed by atoms with E-state index in [9.17, 15) is 4.79 Å². The molecule has 0 aliphatic rings. The average Bonchev–Trinajstić information content (AvgIpc) is 2.79.